The fraction of sp³-hybridized carbons (Fsp3) is 0.500. The van der Waals surface area contributed by atoms with Gasteiger partial charge in [-0.2, -0.15) is 0 Å². The first kappa shape index (κ1) is 15.0. The average Bonchev–Trinajstić information content (AvgIpc) is 2.40. The highest BCUT2D eigenvalue weighted by Crippen LogP contribution is 2.25. The van der Waals surface area contributed by atoms with Crippen LogP contribution in [0.1, 0.15) is 32.3 Å². The first-order valence-corrected chi connectivity index (χ1v) is 6.69. The minimum Gasteiger partial charge on any atom is -0.351 e. The zero-order chi connectivity index (χ0) is 13.6. The van der Waals surface area contributed by atoms with Gasteiger partial charge in [0.15, 0.2) is 0 Å². The SMILES string of the molecule is CCC(CC)(CN)C(=O)NCc1ccccc1Cl. The summed E-state index contributed by atoms with van der Waals surface area (Å²) in [4.78, 5) is 12.2. The van der Waals surface area contributed by atoms with E-state index >= 15 is 0 Å². The van der Waals surface area contributed by atoms with Crippen molar-refractivity contribution < 1.29 is 4.79 Å². The van der Waals surface area contributed by atoms with Crippen molar-refractivity contribution in [3.63, 3.8) is 0 Å². The predicted molar refractivity (Wildman–Crippen MR) is 75.4 cm³/mol. The molecular formula is C14H21ClN2O. The smallest absolute Gasteiger partial charge is 0.227 e. The zero-order valence-electron chi connectivity index (χ0n) is 11.0. The molecular weight excluding hydrogens is 248 g/mol. The van der Waals surface area contributed by atoms with Gasteiger partial charge in [-0.05, 0) is 24.5 Å². The molecule has 0 aromatic heterocycles. The summed E-state index contributed by atoms with van der Waals surface area (Å²) in [5.74, 6) is 0.00918. The van der Waals surface area contributed by atoms with E-state index in [0.717, 1.165) is 18.4 Å². The van der Waals surface area contributed by atoms with E-state index in [1.807, 2.05) is 38.1 Å². The lowest BCUT2D eigenvalue weighted by Gasteiger charge is -2.28. The molecule has 0 bridgehead atoms. The van der Waals surface area contributed by atoms with Crippen molar-refractivity contribution in [2.45, 2.75) is 33.2 Å². The fourth-order valence-electron chi connectivity index (χ4n) is 1.96. The van der Waals surface area contributed by atoms with Crippen molar-refractivity contribution in [1.82, 2.24) is 5.32 Å². The lowest BCUT2D eigenvalue weighted by molar-refractivity contribution is -0.131. The Labute approximate surface area is 114 Å². The van der Waals surface area contributed by atoms with Crippen molar-refractivity contribution in [3.8, 4) is 0 Å². The molecule has 0 spiro atoms. The maximum Gasteiger partial charge on any atom is 0.227 e. The standard InChI is InChI=1S/C14H21ClN2O/c1-3-14(4-2,10-16)13(18)17-9-11-7-5-6-8-12(11)15/h5-8H,3-4,9-10,16H2,1-2H3,(H,17,18). The summed E-state index contributed by atoms with van der Waals surface area (Å²) in [6, 6.07) is 7.50. The van der Waals surface area contributed by atoms with Crippen LogP contribution < -0.4 is 11.1 Å². The molecule has 0 unspecified atom stereocenters. The Morgan fingerprint density at radius 2 is 1.94 bits per heavy atom. The summed E-state index contributed by atoms with van der Waals surface area (Å²) in [7, 11) is 0. The van der Waals surface area contributed by atoms with Crippen LogP contribution in [0.25, 0.3) is 0 Å². The molecule has 0 aliphatic carbocycles. The minimum absolute atomic E-state index is 0.00918. The number of hydrogen-bond donors (Lipinski definition) is 2. The Morgan fingerprint density at radius 3 is 2.44 bits per heavy atom. The molecule has 3 nitrogen and oxygen atoms in total. The highest BCUT2D eigenvalue weighted by atomic mass is 35.5. The van der Waals surface area contributed by atoms with Crippen LogP contribution >= 0.6 is 11.6 Å². The number of nitrogens with one attached hydrogen (secondary N) is 1. The Morgan fingerprint density at radius 1 is 1.33 bits per heavy atom. The van der Waals surface area contributed by atoms with E-state index in [-0.39, 0.29) is 5.91 Å². The fourth-order valence-corrected chi connectivity index (χ4v) is 2.16. The Bertz CT molecular complexity index is 394. The van der Waals surface area contributed by atoms with Gasteiger partial charge in [-0.25, -0.2) is 0 Å². The van der Waals surface area contributed by atoms with Crippen LogP contribution in [0.4, 0.5) is 0 Å². The molecule has 0 aliphatic heterocycles. The molecule has 0 atom stereocenters. The average molecular weight is 269 g/mol. The number of amides is 1. The lowest BCUT2D eigenvalue weighted by Crippen LogP contribution is -2.45. The maximum atomic E-state index is 12.2. The summed E-state index contributed by atoms with van der Waals surface area (Å²) in [6.45, 7) is 4.80. The minimum atomic E-state index is -0.457. The molecule has 0 fully saturated rings. The third kappa shape index (κ3) is 3.24. The van der Waals surface area contributed by atoms with E-state index in [2.05, 4.69) is 5.32 Å². The van der Waals surface area contributed by atoms with Gasteiger partial charge >= 0.3 is 0 Å². The van der Waals surface area contributed by atoms with Crippen LogP contribution in [0.2, 0.25) is 5.02 Å². The van der Waals surface area contributed by atoms with Gasteiger partial charge in [0.2, 0.25) is 5.91 Å². The summed E-state index contributed by atoms with van der Waals surface area (Å²) in [5, 5.41) is 3.60. The molecule has 0 saturated carbocycles. The Balaban J connectivity index is 2.69. The Kier molecular flexibility index (Phi) is 5.63. The number of rotatable bonds is 6. The second kappa shape index (κ2) is 6.76. The maximum absolute atomic E-state index is 12.2. The van der Waals surface area contributed by atoms with Crippen molar-refractivity contribution in [2.75, 3.05) is 6.54 Å². The van der Waals surface area contributed by atoms with Gasteiger partial charge in [-0.15, -0.1) is 0 Å². The van der Waals surface area contributed by atoms with Crippen molar-refractivity contribution in [3.05, 3.63) is 34.9 Å². The second-order valence-electron chi connectivity index (χ2n) is 4.47. The highest BCUT2D eigenvalue weighted by Gasteiger charge is 2.32. The van der Waals surface area contributed by atoms with E-state index in [1.54, 1.807) is 0 Å². The zero-order valence-corrected chi connectivity index (χ0v) is 11.8. The number of carbonyl (C=O) groups is 1. The lowest BCUT2D eigenvalue weighted by atomic mass is 9.81. The van der Waals surface area contributed by atoms with E-state index < -0.39 is 5.41 Å². The number of carbonyl (C=O) groups excluding carboxylic acids is 1. The summed E-state index contributed by atoms with van der Waals surface area (Å²) < 4.78 is 0. The van der Waals surface area contributed by atoms with Crippen molar-refractivity contribution in [1.29, 1.82) is 0 Å². The van der Waals surface area contributed by atoms with Gasteiger partial charge in [0, 0.05) is 18.1 Å². The van der Waals surface area contributed by atoms with Gasteiger partial charge in [0.05, 0.1) is 5.41 Å². The van der Waals surface area contributed by atoms with Crippen LogP contribution in [0.3, 0.4) is 0 Å². The van der Waals surface area contributed by atoms with Crippen LogP contribution in [0, 0.1) is 5.41 Å². The van der Waals surface area contributed by atoms with E-state index in [9.17, 15) is 4.79 Å². The van der Waals surface area contributed by atoms with Crippen LogP contribution in [-0.2, 0) is 11.3 Å². The summed E-state index contributed by atoms with van der Waals surface area (Å²) >= 11 is 6.05. The van der Waals surface area contributed by atoms with E-state index in [0.29, 0.717) is 18.1 Å². The van der Waals surface area contributed by atoms with Gasteiger partial charge in [0.1, 0.15) is 0 Å². The van der Waals surface area contributed by atoms with E-state index in [4.69, 9.17) is 17.3 Å². The Hall–Kier alpha value is -1.06. The molecule has 1 amide bonds. The molecule has 0 saturated heterocycles. The number of benzene rings is 1. The second-order valence-corrected chi connectivity index (χ2v) is 4.87. The molecule has 1 aromatic carbocycles. The quantitative estimate of drug-likeness (QED) is 0.834. The first-order valence-electron chi connectivity index (χ1n) is 6.31. The molecule has 18 heavy (non-hydrogen) atoms. The molecule has 0 heterocycles. The largest absolute Gasteiger partial charge is 0.351 e. The molecule has 1 rings (SSSR count). The topological polar surface area (TPSA) is 55.1 Å². The summed E-state index contributed by atoms with van der Waals surface area (Å²) in [5.41, 5.74) is 6.21. The first-order chi connectivity index (χ1) is 8.59. The summed E-state index contributed by atoms with van der Waals surface area (Å²) in [6.07, 6.45) is 1.49. The van der Waals surface area contributed by atoms with Crippen LogP contribution in [-0.4, -0.2) is 12.5 Å². The molecule has 0 radical (unpaired) electrons. The molecule has 1 aromatic rings. The number of halogens is 1. The van der Waals surface area contributed by atoms with Gasteiger partial charge in [-0.1, -0.05) is 43.6 Å². The van der Waals surface area contributed by atoms with Crippen molar-refractivity contribution in [2.24, 2.45) is 11.1 Å². The van der Waals surface area contributed by atoms with Crippen LogP contribution in [0.15, 0.2) is 24.3 Å². The van der Waals surface area contributed by atoms with Gasteiger partial charge < -0.3 is 11.1 Å². The molecule has 0 aliphatic rings. The molecule has 100 valence electrons. The van der Waals surface area contributed by atoms with Crippen LogP contribution in [0.5, 0.6) is 0 Å². The monoisotopic (exact) mass is 268 g/mol. The van der Waals surface area contributed by atoms with E-state index in [1.165, 1.54) is 0 Å². The highest BCUT2D eigenvalue weighted by molar-refractivity contribution is 6.31. The molecule has 4 heteroatoms. The van der Waals surface area contributed by atoms with Crippen molar-refractivity contribution >= 4 is 17.5 Å². The van der Waals surface area contributed by atoms with Gasteiger partial charge in [0.25, 0.3) is 0 Å². The molecule has 3 N–H and O–H groups in total. The number of nitrogens with two attached hydrogens (primary N) is 1. The number of hydrogen-bond acceptors (Lipinski definition) is 2. The van der Waals surface area contributed by atoms with Gasteiger partial charge in [-0.3, -0.25) is 4.79 Å². The normalized spacial score (nSPS) is 11.3. The predicted octanol–water partition coefficient (Wildman–Crippen LogP) is 2.72. The third-order valence-electron chi connectivity index (χ3n) is 3.62. The third-order valence-corrected chi connectivity index (χ3v) is 3.99.